The molecule has 0 bridgehead atoms. The third-order valence-electron chi connectivity index (χ3n) is 2.02. The minimum Gasteiger partial charge on any atom is -0.466 e. The highest BCUT2D eigenvalue weighted by Gasteiger charge is 2.12. The van der Waals surface area contributed by atoms with Crippen LogP contribution in [0.1, 0.15) is 23.7 Å². The molecule has 0 fully saturated rings. The van der Waals surface area contributed by atoms with Crippen molar-refractivity contribution in [2.45, 2.75) is 18.2 Å². The van der Waals surface area contributed by atoms with Gasteiger partial charge in [-0.2, -0.15) is 0 Å². The van der Waals surface area contributed by atoms with Gasteiger partial charge in [0.25, 0.3) is 0 Å². The topological polar surface area (TPSA) is 43.4 Å². The monoisotopic (exact) mass is 238 g/mol. The second kappa shape index (κ2) is 6.33. The van der Waals surface area contributed by atoms with Gasteiger partial charge in [0.15, 0.2) is 5.78 Å². The number of thioether (sulfide) groups is 1. The number of hydrogen-bond donors (Lipinski definition) is 0. The summed E-state index contributed by atoms with van der Waals surface area (Å²) in [5.74, 6) is -0.674. The van der Waals surface area contributed by atoms with Crippen LogP contribution in [0.25, 0.3) is 0 Å². The second-order valence-corrected chi connectivity index (χ2v) is 4.01. The first-order valence-electron chi connectivity index (χ1n) is 5.00. The minimum absolute atomic E-state index is 0.188. The summed E-state index contributed by atoms with van der Waals surface area (Å²) < 4.78 is 4.72. The lowest BCUT2D eigenvalue weighted by Gasteiger charge is -2.02. The summed E-state index contributed by atoms with van der Waals surface area (Å²) in [7, 11) is 0. The molecule has 0 unspecified atom stereocenters. The molecular formula is C12H14O3S. The Morgan fingerprint density at radius 2 is 1.88 bits per heavy atom. The molecule has 0 saturated carbocycles. The third kappa shape index (κ3) is 3.70. The molecule has 0 heterocycles. The van der Waals surface area contributed by atoms with Crippen LogP contribution in [0.3, 0.4) is 0 Å². The van der Waals surface area contributed by atoms with Gasteiger partial charge in [0.2, 0.25) is 0 Å². The van der Waals surface area contributed by atoms with Gasteiger partial charge in [0, 0.05) is 10.5 Å². The summed E-state index contributed by atoms with van der Waals surface area (Å²) in [5, 5.41) is 0. The van der Waals surface area contributed by atoms with Gasteiger partial charge in [0.05, 0.1) is 6.61 Å². The van der Waals surface area contributed by atoms with Gasteiger partial charge in [0.1, 0.15) is 6.42 Å². The molecule has 1 aromatic carbocycles. The van der Waals surface area contributed by atoms with E-state index in [1.54, 1.807) is 30.8 Å². The van der Waals surface area contributed by atoms with Crippen molar-refractivity contribution in [2.24, 2.45) is 0 Å². The third-order valence-corrected chi connectivity index (χ3v) is 2.77. The maximum atomic E-state index is 11.6. The summed E-state index contributed by atoms with van der Waals surface area (Å²) in [5.41, 5.74) is 0.547. The molecule has 0 amide bonds. The number of carbonyl (C=O) groups excluding carboxylic acids is 2. The van der Waals surface area contributed by atoms with E-state index in [1.165, 1.54) is 0 Å². The van der Waals surface area contributed by atoms with Gasteiger partial charge in [-0.15, -0.1) is 11.8 Å². The summed E-state index contributed by atoms with van der Waals surface area (Å²) in [6.07, 6.45) is 1.78. The van der Waals surface area contributed by atoms with Crippen molar-refractivity contribution in [3.8, 4) is 0 Å². The van der Waals surface area contributed by atoms with Crippen LogP contribution in [0.4, 0.5) is 0 Å². The molecule has 0 aliphatic heterocycles. The van der Waals surface area contributed by atoms with E-state index in [2.05, 4.69) is 0 Å². The first kappa shape index (κ1) is 12.8. The molecular weight excluding hydrogens is 224 g/mol. The van der Waals surface area contributed by atoms with Crippen LogP contribution < -0.4 is 0 Å². The van der Waals surface area contributed by atoms with E-state index in [9.17, 15) is 9.59 Å². The van der Waals surface area contributed by atoms with Gasteiger partial charge < -0.3 is 4.74 Å². The average Bonchev–Trinajstić information content (AvgIpc) is 2.29. The molecule has 4 heteroatoms. The van der Waals surface area contributed by atoms with Crippen LogP contribution in [0.15, 0.2) is 29.2 Å². The standard InChI is InChI=1S/C12H14O3S/c1-3-15-12(14)8-11(13)9-4-6-10(16-2)7-5-9/h4-7H,3,8H2,1-2H3. The fraction of sp³-hybridized carbons (Fsp3) is 0.333. The molecule has 0 atom stereocenters. The first-order chi connectivity index (χ1) is 7.67. The Labute approximate surface area is 99.2 Å². The molecule has 0 radical (unpaired) electrons. The van der Waals surface area contributed by atoms with E-state index in [1.807, 2.05) is 18.4 Å². The number of ketones is 1. The van der Waals surface area contributed by atoms with E-state index in [0.717, 1.165) is 4.90 Å². The Morgan fingerprint density at radius 1 is 1.25 bits per heavy atom. The molecule has 86 valence electrons. The Kier molecular flexibility index (Phi) is 5.05. The Balaban J connectivity index is 2.62. The number of ether oxygens (including phenoxy) is 1. The molecule has 0 spiro atoms. The molecule has 0 saturated heterocycles. The Hall–Kier alpha value is -1.29. The van der Waals surface area contributed by atoms with Gasteiger partial charge in [-0.25, -0.2) is 0 Å². The van der Waals surface area contributed by atoms with Crippen molar-refractivity contribution in [3.05, 3.63) is 29.8 Å². The molecule has 0 aliphatic carbocycles. The van der Waals surface area contributed by atoms with Gasteiger partial charge in [-0.1, -0.05) is 12.1 Å². The number of carbonyl (C=O) groups is 2. The number of benzene rings is 1. The molecule has 3 nitrogen and oxygen atoms in total. The van der Waals surface area contributed by atoms with Crippen molar-refractivity contribution < 1.29 is 14.3 Å². The van der Waals surface area contributed by atoms with E-state index < -0.39 is 5.97 Å². The number of Topliss-reactive ketones (excluding diaryl/α,β-unsaturated/α-hetero) is 1. The van der Waals surface area contributed by atoms with E-state index in [0.29, 0.717) is 12.2 Å². The molecule has 1 aromatic rings. The zero-order valence-electron chi connectivity index (χ0n) is 9.36. The Bertz CT molecular complexity index is 370. The highest BCUT2D eigenvalue weighted by molar-refractivity contribution is 7.98. The van der Waals surface area contributed by atoms with Crippen LogP contribution in [-0.4, -0.2) is 24.6 Å². The lowest BCUT2D eigenvalue weighted by Crippen LogP contribution is -2.11. The van der Waals surface area contributed by atoms with Crippen molar-refractivity contribution in [1.82, 2.24) is 0 Å². The second-order valence-electron chi connectivity index (χ2n) is 3.13. The number of hydrogen-bond acceptors (Lipinski definition) is 4. The average molecular weight is 238 g/mol. The smallest absolute Gasteiger partial charge is 0.313 e. The van der Waals surface area contributed by atoms with E-state index >= 15 is 0 Å². The largest absolute Gasteiger partial charge is 0.466 e. The molecule has 16 heavy (non-hydrogen) atoms. The normalized spacial score (nSPS) is 9.88. The molecule has 0 aliphatic rings. The van der Waals surface area contributed by atoms with Crippen LogP contribution in [0.5, 0.6) is 0 Å². The van der Waals surface area contributed by atoms with Crippen LogP contribution >= 0.6 is 11.8 Å². The number of rotatable bonds is 5. The fourth-order valence-electron chi connectivity index (χ4n) is 1.22. The fourth-order valence-corrected chi connectivity index (χ4v) is 1.63. The number of esters is 1. The molecule has 0 aromatic heterocycles. The molecule has 0 N–H and O–H groups in total. The zero-order valence-corrected chi connectivity index (χ0v) is 10.2. The van der Waals surface area contributed by atoms with Gasteiger partial charge in [-0.3, -0.25) is 9.59 Å². The van der Waals surface area contributed by atoms with E-state index in [4.69, 9.17) is 4.74 Å². The quantitative estimate of drug-likeness (QED) is 0.342. The summed E-state index contributed by atoms with van der Waals surface area (Å²) >= 11 is 1.61. The molecule has 1 rings (SSSR count). The summed E-state index contributed by atoms with van der Waals surface area (Å²) in [4.78, 5) is 23.8. The lowest BCUT2D eigenvalue weighted by atomic mass is 10.1. The summed E-state index contributed by atoms with van der Waals surface area (Å²) in [6.45, 7) is 2.02. The first-order valence-corrected chi connectivity index (χ1v) is 6.22. The van der Waals surface area contributed by atoms with Gasteiger partial charge in [-0.05, 0) is 25.3 Å². The van der Waals surface area contributed by atoms with Crippen LogP contribution in [-0.2, 0) is 9.53 Å². The van der Waals surface area contributed by atoms with Crippen LogP contribution in [0.2, 0.25) is 0 Å². The maximum absolute atomic E-state index is 11.6. The van der Waals surface area contributed by atoms with Crippen LogP contribution in [0, 0.1) is 0 Å². The lowest BCUT2D eigenvalue weighted by molar-refractivity contribution is -0.141. The van der Waals surface area contributed by atoms with Gasteiger partial charge >= 0.3 is 5.97 Å². The SMILES string of the molecule is CCOC(=O)CC(=O)c1ccc(SC)cc1. The minimum atomic E-state index is -0.471. The maximum Gasteiger partial charge on any atom is 0.313 e. The summed E-state index contributed by atoms with van der Waals surface area (Å²) in [6, 6.07) is 7.19. The highest BCUT2D eigenvalue weighted by Crippen LogP contribution is 2.15. The predicted octanol–water partition coefficient (Wildman–Crippen LogP) is 2.54. The highest BCUT2D eigenvalue weighted by atomic mass is 32.2. The zero-order chi connectivity index (χ0) is 12.0. The predicted molar refractivity (Wildman–Crippen MR) is 63.8 cm³/mol. The van der Waals surface area contributed by atoms with Crippen molar-refractivity contribution >= 4 is 23.5 Å². The van der Waals surface area contributed by atoms with Crippen molar-refractivity contribution in [3.63, 3.8) is 0 Å². The van der Waals surface area contributed by atoms with E-state index in [-0.39, 0.29) is 12.2 Å². The van der Waals surface area contributed by atoms with Crippen molar-refractivity contribution in [2.75, 3.05) is 12.9 Å². The Morgan fingerprint density at radius 3 is 2.38 bits per heavy atom. The van der Waals surface area contributed by atoms with Crippen molar-refractivity contribution in [1.29, 1.82) is 0 Å².